The molecular formula is C10H12ClNO2S. The van der Waals surface area contributed by atoms with Crippen molar-refractivity contribution in [2.45, 2.75) is 6.92 Å². The van der Waals surface area contributed by atoms with Crippen molar-refractivity contribution in [1.29, 1.82) is 0 Å². The molecule has 0 radical (unpaired) electrons. The Morgan fingerprint density at radius 3 is 2.87 bits per heavy atom. The fraction of sp³-hybridized carbons (Fsp3) is 0.500. The van der Waals surface area contributed by atoms with Crippen molar-refractivity contribution in [3.8, 4) is 0 Å². The van der Waals surface area contributed by atoms with Crippen molar-refractivity contribution >= 4 is 28.8 Å². The zero-order valence-electron chi connectivity index (χ0n) is 8.38. The minimum absolute atomic E-state index is 0.0555. The van der Waals surface area contributed by atoms with E-state index in [1.807, 2.05) is 0 Å². The highest BCUT2D eigenvalue weighted by Crippen LogP contribution is 2.26. The number of carbonyl (C=O) groups excluding carboxylic acids is 1. The third kappa shape index (κ3) is 2.51. The van der Waals surface area contributed by atoms with Crippen LogP contribution in [0.25, 0.3) is 0 Å². The molecule has 0 aliphatic carbocycles. The molecule has 82 valence electrons. The van der Waals surface area contributed by atoms with Crippen molar-refractivity contribution in [2.75, 3.05) is 19.8 Å². The van der Waals surface area contributed by atoms with Crippen molar-refractivity contribution in [1.82, 2.24) is 5.32 Å². The molecule has 2 rings (SSSR count). The van der Waals surface area contributed by atoms with Gasteiger partial charge in [-0.25, -0.2) is 0 Å². The Balaban J connectivity index is 1.87. The average molecular weight is 246 g/mol. The van der Waals surface area contributed by atoms with Gasteiger partial charge in [-0.3, -0.25) is 4.79 Å². The molecule has 3 nitrogen and oxygen atoms in total. The Bertz CT molecular complexity index is 373. The summed E-state index contributed by atoms with van der Waals surface area (Å²) in [6.45, 7) is 4.19. The van der Waals surface area contributed by atoms with E-state index in [-0.39, 0.29) is 11.3 Å². The van der Waals surface area contributed by atoms with Crippen LogP contribution in [-0.2, 0) is 4.74 Å². The second-order valence-corrected chi connectivity index (χ2v) is 5.80. The fourth-order valence-corrected chi connectivity index (χ4v) is 2.33. The van der Waals surface area contributed by atoms with E-state index in [0.29, 0.717) is 15.8 Å². The standard InChI is InChI=1S/C10H12ClNO2S/c1-10(5-14-6-10)4-12-9(13)7-2-3-8(11)15-7/h2-3H,4-6H2,1H3,(H,12,13). The lowest BCUT2D eigenvalue weighted by atomic mass is 9.89. The number of hydrogen-bond donors (Lipinski definition) is 1. The predicted octanol–water partition coefficient (Wildman–Crippen LogP) is 2.17. The van der Waals surface area contributed by atoms with Crippen LogP contribution in [-0.4, -0.2) is 25.7 Å². The summed E-state index contributed by atoms with van der Waals surface area (Å²) >= 11 is 7.05. The summed E-state index contributed by atoms with van der Waals surface area (Å²) in [4.78, 5) is 12.3. The topological polar surface area (TPSA) is 38.3 Å². The molecule has 1 aliphatic heterocycles. The monoisotopic (exact) mass is 245 g/mol. The zero-order chi connectivity index (χ0) is 10.9. The van der Waals surface area contributed by atoms with Crippen LogP contribution in [0.4, 0.5) is 0 Å². The van der Waals surface area contributed by atoms with E-state index in [2.05, 4.69) is 12.2 Å². The average Bonchev–Trinajstić information content (AvgIpc) is 2.58. The number of halogens is 1. The minimum atomic E-state index is -0.0555. The highest BCUT2D eigenvalue weighted by Gasteiger charge is 2.33. The SMILES string of the molecule is CC1(CNC(=O)c2ccc(Cl)s2)COC1. The van der Waals surface area contributed by atoms with E-state index < -0.39 is 0 Å². The van der Waals surface area contributed by atoms with E-state index in [4.69, 9.17) is 16.3 Å². The zero-order valence-corrected chi connectivity index (χ0v) is 9.95. The molecule has 0 atom stereocenters. The number of thiophene rings is 1. The first-order valence-electron chi connectivity index (χ1n) is 4.70. The Morgan fingerprint density at radius 2 is 2.40 bits per heavy atom. The molecule has 0 bridgehead atoms. The van der Waals surface area contributed by atoms with E-state index >= 15 is 0 Å². The van der Waals surface area contributed by atoms with Gasteiger partial charge in [0.2, 0.25) is 0 Å². The van der Waals surface area contributed by atoms with Gasteiger partial charge in [-0.15, -0.1) is 11.3 Å². The van der Waals surface area contributed by atoms with Crippen molar-refractivity contribution in [3.05, 3.63) is 21.3 Å². The van der Waals surface area contributed by atoms with Gasteiger partial charge in [0.25, 0.3) is 5.91 Å². The maximum absolute atomic E-state index is 11.6. The second-order valence-electron chi connectivity index (χ2n) is 4.09. The van der Waals surface area contributed by atoms with Crippen LogP contribution in [0.2, 0.25) is 4.34 Å². The summed E-state index contributed by atoms with van der Waals surface area (Å²) in [6.07, 6.45) is 0. The maximum Gasteiger partial charge on any atom is 0.261 e. The van der Waals surface area contributed by atoms with Gasteiger partial charge < -0.3 is 10.1 Å². The molecule has 15 heavy (non-hydrogen) atoms. The highest BCUT2D eigenvalue weighted by molar-refractivity contribution is 7.17. The van der Waals surface area contributed by atoms with Gasteiger partial charge in [-0.1, -0.05) is 18.5 Å². The molecule has 0 unspecified atom stereocenters. The maximum atomic E-state index is 11.6. The van der Waals surface area contributed by atoms with Crippen LogP contribution in [0, 0.1) is 5.41 Å². The van der Waals surface area contributed by atoms with Gasteiger partial charge in [-0.05, 0) is 12.1 Å². The van der Waals surface area contributed by atoms with E-state index in [1.165, 1.54) is 11.3 Å². The van der Waals surface area contributed by atoms with Gasteiger partial charge >= 0.3 is 0 Å². The quantitative estimate of drug-likeness (QED) is 0.887. The first-order chi connectivity index (χ1) is 7.09. The number of ether oxygens (including phenoxy) is 1. The van der Waals surface area contributed by atoms with Crippen LogP contribution in [0.5, 0.6) is 0 Å². The Hall–Kier alpha value is -0.580. The molecule has 1 saturated heterocycles. The molecule has 0 aromatic carbocycles. The van der Waals surface area contributed by atoms with Crippen molar-refractivity contribution in [3.63, 3.8) is 0 Å². The summed E-state index contributed by atoms with van der Waals surface area (Å²) in [7, 11) is 0. The molecule has 1 aromatic rings. The van der Waals surface area contributed by atoms with Crippen LogP contribution in [0.1, 0.15) is 16.6 Å². The third-order valence-corrected chi connectivity index (χ3v) is 3.60. The summed E-state index contributed by atoms with van der Waals surface area (Å²) in [5.41, 5.74) is 0.108. The van der Waals surface area contributed by atoms with E-state index in [1.54, 1.807) is 12.1 Å². The molecule has 1 N–H and O–H groups in total. The lowest BCUT2D eigenvalue weighted by Gasteiger charge is -2.37. The van der Waals surface area contributed by atoms with E-state index in [9.17, 15) is 4.79 Å². The Labute approximate surface area is 97.4 Å². The van der Waals surface area contributed by atoms with Crippen molar-refractivity contribution < 1.29 is 9.53 Å². The van der Waals surface area contributed by atoms with Gasteiger partial charge in [-0.2, -0.15) is 0 Å². The predicted molar refractivity (Wildman–Crippen MR) is 60.6 cm³/mol. The summed E-state index contributed by atoms with van der Waals surface area (Å²) in [5, 5.41) is 2.89. The molecular weight excluding hydrogens is 234 g/mol. The minimum Gasteiger partial charge on any atom is -0.380 e. The van der Waals surface area contributed by atoms with Crippen LogP contribution in [0.3, 0.4) is 0 Å². The molecule has 1 amide bonds. The molecule has 5 heteroatoms. The number of hydrogen-bond acceptors (Lipinski definition) is 3. The van der Waals surface area contributed by atoms with Crippen LogP contribution < -0.4 is 5.32 Å². The summed E-state index contributed by atoms with van der Waals surface area (Å²) in [6, 6.07) is 3.47. The van der Waals surface area contributed by atoms with Gasteiger partial charge in [0, 0.05) is 12.0 Å². The highest BCUT2D eigenvalue weighted by atomic mass is 35.5. The number of nitrogens with one attached hydrogen (secondary N) is 1. The molecule has 2 heterocycles. The normalized spacial score (nSPS) is 18.3. The van der Waals surface area contributed by atoms with Gasteiger partial charge in [0.1, 0.15) is 0 Å². The van der Waals surface area contributed by atoms with E-state index in [0.717, 1.165) is 13.2 Å². The first kappa shape index (κ1) is 10.9. The Kier molecular flexibility index (Phi) is 3.00. The number of carbonyl (C=O) groups is 1. The molecule has 1 fully saturated rings. The van der Waals surface area contributed by atoms with Crippen LogP contribution >= 0.6 is 22.9 Å². The Morgan fingerprint density at radius 1 is 1.67 bits per heavy atom. The second kappa shape index (κ2) is 4.12. The fourth-order valence-electron chi connectivity index (χ4n) is 1.37. The largest absolute Gasteiger partial charge is 0.380 e. The molecule has 0 saturated carbocycles. The smallest absolute Gasteiger partial charge is 0.261 e. The molecule has 0 spiro atoms. The lowest BCUT2D eigenvalue weighted by molar-refractivity contribution is -0.0978. The third-order valence-electron chi connectivity index (χ3n) is 2.37. The summed E-state index contributed by atoms with van der Waals surface area (Å²) < 4.78 is 5.75. The lowest BCUT2D eigenvalue weighted by Crippen LogP contribution is -2.48. The number of rotatable bonds is 3. The first-order valence-corrected chi connectivity index (χ1v) is 5.90. The molecule has 1 aliphatic rings. The van der Waals surface area contributed by atoms with Gasteiger partial charge in [0.15, 0.2) is 0 Å². The number of amides is 1. The van der Waals surface area contributed by atoms with Gasteiger partial charge in [0.05, 0.1) is 22.4 Å². The molecule has 1 aromatic heterocycles. The van der Waals surface area contributed by atoms with Crippen LogP contribution in [0.15, 0.2) is 12.1 Å². The van der Waals surface area contributed by atoms with Crippen molar-refractivity contribution in [2.24, 2.45) is 5.41 Å². The summed E-state index contributed by atoms with van der Waals surface area (Å²) in [5.74, 6) is -0.0555.